The smallest absolute Gasteiger partial charge is 0.269 e. The van der Waals surface area contributed by atoms with Crippen molar-refractivity contribution < 1.29 is 13.2 Å². The summed E-state index contributed by atoms with van der Waals surface area (Å²) in [5, 5.41) is 6.16. The zero-order valence-electron chi connectivity index (χ0n) is 21.0. The third kappa shape index (κ3) is 5.78. The Morgan fingerprint density at radius 3 is 2.33 bits per heavy atom. The number of aryl methyl sites for hydroxylation is 1. The number of aromatic nitrogens is 1. The summed E-state index contributed by atoms with van der Waals surface area (Å²) >= 11 is 4.78. The van der Waals surface area contributed by atoms with Gasteiger partial charge in [-0.3, -0.25) is 9.10 Å². The van der Waals surface area contributed by atoms with Crippen LogP contribution in [0.5, 0.6) is 0 Å². The lowest BCUT2D eigenvalue weighted by Gasteiger charge is -2.19. The van der Waals surface area contributed by atoms with E-state index in [0.29, 0.717) is 10.8 Å². The van der Waals surface area contributed by atoms with Crippen molar-refractivity contribution in [2.45, 2.75) is 11.8 Å². The van der Waals surface area contributed by atoms with Crippen molar-refractivity contribution in [2.75, 3.05) is 16.4 Å². The molecule has 0 saturated heterocycles. The fraction of sp³-hybridized carbons (Fsp3) is 0.0690. The SMILES string of the molecule is Cc1ccc2nc(N(/N=C/c3ccc(Br)cc3)C(=O)c3ccc(S(=O)(=O)N(C)c4ccccc4)cc3)sc2c1. The molecule has 1 aromatic heterocycles. The molecule has 7 nitrogen and oxygen atoms in total. The van der Waals surface area contributed by atoms with E-state index < -0.39 is 15.9 Å². The fourth-order valence-electron chi connectivity index (χ4n) is 3.80. The minimum absolute atomic E-state index is 0.0748. The molecule has 0 aliphatic rings. The molecule has 0 aliphatic heterocycles. The van der Waals surface area contributed by atoms with E-state index in [4.69, 9.17) is 0 Å². The van der Waals surface area contributed by atoms with Crippen LogP contribution in [0, 0.1) is 6.92 Å². The second-order valence-corrected chi connectivity index (χ2v) is 12.6. The molecule has 39 heavy (non-hydrogen) atoms. The molecule has 5 rings (SSSR count). The van der Waals surface area contributed by atoms with Gasteiger partial charge in [-0.25, -0.2) is 13.4 Å². The predicted octanol–water partition coefficient (Wildman–Crippen LogP) is 6.87. The summed E-state index contributed by atoms with van der Waals surface area (Å²) < 4.78 is 29.4. The number of amides is 1. The van der Waals surface area contributed by atoms with Gasteiger partial charge < -0.3 is 0 Å². The quantitative estimate of drug-likeness (QED) is 0.147. The number of hydrazone groups is 1. The van der Waals surface area contributed by atoms with Crippen LogP contribution in [0.25, 0.3) is 10.2 Å². The van der Waals surface area contributed by atoms with Gasteiger partial charge in [0.25, 0.3) is 15.9 Å². The molecule has 196 valence electrons. The second-order valence-electron chi connectivity index (χ2n) is 8.71. The number of benzene rings is 4. The van der Waals surface area contributed by atoms with E-state index in [2.05, 4.69) is 26.0 Å². The molecule has 0 N–H and O–H groups in total. The van der Waals surface area contributed by atoms with Gasteiger partial charge in [-0.1, -0.05) is 63.7 Å². The van der Waals surface area contributed by atoms with Gasteiger partial charge in [0.05, 0.1) is 27.0 Å². The van der Waals surface area contributed by atoms with Crippen molar-refractivity contribution in [1.29, 1.82) is 0 Å². The molecule has 1 heterocycles. The summed E-state index contributed by atoms with van der Waals surface area (Å²) in [6.45, 7) is 2.00. The largest absolute Gasteiger partial charge is 0.280 e. The van der Waals surface area contributed by atoms with Crippen LogP contribution in [-0.2, 0) is 10.0 Å². The molecule has 0 radical (unpaired) electrons. The van der Waals surface area contributed by atoms with E-state index in [0.717, 1.165) is 25.8 Å². The molecule has 10 heteroatoms. The zero-order chi connectivity index (χ0) is 27.6. The summed E-state index contributed by atoms with van der Waals surface area (Å²) in [5.74, 6) is -0.431. The lowest BCUT2D eigenvalue weighted by atomic mass is 10.2. The first-order valence-electron chi connectivity index (χ1n) is 11.9. The number of hydrogen-bond donors (Lipinski definition) is 0. The second kappa shape index (κ2) is 11.1. The maximum Gasteiger partial charge on any atom is 0.280 e. The van der Waals surface area contributed by atoms with Crippen molar-refractivity contribution >= 4 is 70.4 Å². The Kier molecular flexibility index (Phi) is 7.60. The predicted molar refractivity (Wildman–Crippen MR) is 161 cm³/mol. The number of rotatable bonds is 7. The van der Waals surface area contributed by atoms with Gasteiger partial charge >= 0.3 is 0 Å². The first-order chi connectivity index (χ1) is 18.7. The van der Waals surface area contributed by atoms with E-state index in [1.807, 2.05) is 55.5 Å². The number of thiazole rings is 1. The van der Waals surface area contributed by atoms with Crippen molar-refractivity contribution in [3.63, 3.8) is 0 Å². The van der Waals surface area contributed by atoms with Gasteiger partial charge in [0, 0.05) is 17.1 Å². The average molecular weight is 620 g/mol. The normalized spacial score (nSPS) is 11.7. The Bertz CT molecular complexity index is 1770. The van der Waals surface area contributed by atoms with Crippen LogP contribution in [0.2, 0.25) is 0 Å². The number of nitrogens with zero attached hydrogens (tertiary/aromatic N) is 4. The number of hydrogen-bond acceptors (Lipinski definition) is 6. The minimum Gasteiger partial charge on any atom is -0.269 e. The van der Waals surface area contributed by atoms with Crippen molar-refractivity contribution in [1.82, 2.24) is 4.98 Å². The Morgan fingerprint density at radius 2 is 1.64 bits per heavy atom. The Balaban J connectivity index is 1.48. The van der Waals surface area contributed by atoms with Crippen LogP contribution in [0.15, 0.2) is 112 Å². The first kappa shape index (κ1) is 26.7. The van der Waals surface area contributed by atoms with Gasteiger partial charge in [-0.15, -0.1) is 0 Å². The molecular weight excluding hydrogens is 596 g/mol. The van der Waals surface area contributed by atoms with Crippen LogP contribution < -0.4 is 9.31 Å². The van der Waals surface area contributed by atoms with Crippen molar-refractivity contribution in [2.24, 2.45) is 5.10 Å². The van der Waals surface area contributed by atoms with Crippen LogP contribution in [0.3, 0.4) is 0 Å². The fourth-order valence-corrected chi connectivity index (χ4v) is 6.28. The van der Waals surface area contributed by atoms with Gasteiger partial charge in [0.1, 0.15) is 0 Å². The summed E-state index contributed by atoms with van der Waals surface area (Å²) in [4.78, 5) is 18.4. The number of fused-ring (bicyclic) bond motifs is 1. The molecule has 0 aliphatic carbocycles. The highest BCUT2D eigenvalue weighted by Crippen LogP contribution is 2.31. The molecule has 0 bridgehead atoms. The molecule has 4 aromatic carbocycles. The summed E-state index contributed by atoms with van der Waals surface area (Å²) in [5.41, 5.74) is 3.48. The van der Waals surface area contributed by atoms with E-state index in [1.165, 1.54) is 52.0 Å². The first-order valence-corrected chi connectivity index (χ1v) is 14.9. The van der Waals surface area contributed by atoms with Gasteiger partial charge in [0.15, 0.2) is 0 Å². The van der Waals surface area contributed by atoms with Crippen molar-refractivity contribution in [3.05, 3.63) is 118 Å². The minimum atomic E-state index is -3.81. The van der Waals surface area contributed by atoms with Gasteiger partial charge in [0.2, 0.25) is 5.13 Å². The Hall–Kier alpha value is -3.86. The number of halogens is 1. The number of carbonyl (C=O) groups excluding carboxylic acids is 1. The lowest BCUT2D eigenvalue weighted by Crippen LogP contribution is -2.27. The van der Waals surface area contributed by atoms with Gasteiger partial charge in [-0.2, -0.15) is 10.1 Å². The molecule has 1 amide bonds. The highest BCUT2D eigenvalue weighted by atomic mass is 79.9. The molecule has 0 saturated carbocycles. The Labute approximate surface area is 239 Å². The molecule has 5 aromatic rings. The monoisotopic (exact) mass is 618 g/mol. The lowest BCUT2D eigenvalue weighted by molar-refractivity contribution is 0.0987. The summed E-state index contributed by atoms with van der Waals surface area (Å²) in [6.07, 6.45) is 1.59. The molecule has 0 spiro atoms. The van der Waals surface area contributed by atoms with Crippen LogP contribution in [0.4, 0.5) is 10.8 Å². The van der Waals surface area contributed by atoms with Crippen LogP contribution in [-0.4, -0.2) is 32.6 Å². The topological polar surface area (TPSA) is 82.9 Å². The maximum absolute atomic E-state index is 13.7. The average Bonchev–Trinajstić information content (AvgIpc) is 3.37. The third-order valence-corrected chi connectivity index (χ3v) is 9.30. The van der Waals surface area contributed by atoms with Gasteiger partial charge in [-0.05, 0) is 78.7 Å². The highest BCUT2D eigenvalue weighted by molar-refractivity contribution is 9.10. The zero-order valence-corrected chi connectivity index (χ0v) is 24.2. The third-order valence-electron chi connectivity index (χ3n) is 5.98. The molecule has 0 fully saturated rings. The van der Waals surface area contributed by atoms with E-state index in [9.17, 15) is 13.2 Å². The number of para-hydroxylation sites is 1. The van der Waals surface area contributed by atoms with Crippen LogP contribution >= 0.6 is 27.3 Å². The number of anilines is 2. The standard InChI is InChI=1S/C29H23BrN4O3S2/c1-20-8-17-26-27(18-20)38-29(32-26)34(31-19-21-9-13-23(30)14-10-21)28(35)22-11-15-25(16-12-22)39(36,37)33(2)24-6-4-3-5-7-24/h3-19H,1-2H3/b31-19+. The maximum atomic E-state index is 13.7. The highest BCUT2D eigenvalue weighted by Gasteiger charge is 2.24. The molecule has 0 atom stereocenters. The van der Waals surface area contributed by atoms with Crippen molar-refractivity contribution in [3.8, 4) is 0 Å². The van der Waals surface area contributed by atoms with E-state index in [-0.39, 0.29) is 10.5 Å². The summed E-state index contributed by atoms with van der Waals surface area (Å²) in [7, 11) is -2.32. The number of carbonyl (C=O) groups is 1. The summed E-state index contributed by atoms with van der Waals surface area (Å²) in [6, 6.07) is 28.1. The van der Waals surface area contributed by atoms with E-state index >= 15 is 0 Å². The van der Waals surface area contributed by atoms with Crippen LogP contribution in [0.1, 0.15) is 21.5 Å². The molecule has 0 unspecified atom stereocenters. The van der Waals surface area contributed by atoms with E-state index in [1.54, 1.807) is 30.5 Å². The number of sulfonamides is 1. The molecular formula is C29H23BrN4O3S2. The Morgan fingerprint density at radius 1 is 0.949 bits per heavy atom.